The van der Waals surface area contributed by atoms with Gasteiger partial charge in [0.2, 0.25) is 0 Å². The summed E-state index contributed by atoms with van der Waals surface area (Å²) in [6, 6.07) is 0. The topological polar surface area (TPSA) is 50.1 Å². The first kappa shape index (κ1) is 10.9. The maximum Gasteiger partial charge on any atom is 0.0556 e. The summed E-state index contributed by atoms with van der Waals surface area (Å²) in [5, 5.41) is 6.42. The lowest BCUT2D eigenvalue weighted by atomic mass is 10.3. The fourth-order valence-electron chi connectivity index (χ4n) is 0.881. The van der Waals surface area contributed by atoms with Gasteiger partial charge < -0.3 is 11.1 Å². The van der Waals surface area contributed by atoms with Crippen molar-refractivity contribution < 1.29 is 0 Å². The standard InChI is InChI=1S/C8H21N3/c1-3-5-8(9)11-7-10-6-4-2/h8,10-11H,3-7,9H2,1-2H3. The molecule has 0 aromatic carbocycles. The highest BCUT2D eigenvalue weighted by Gasteiger charge is 1.96. The van der Waals surface area contributed by atoms with E-state index in [1.165, 1.54) is 6.42 Å². The smallest absolute Gasteiger partial charge is 0.0556 e. The molecule has 68 valence electrons. The van der Waals surface area contributed by atoms with Crippen LogP contribution in [0, 0.1) is 0 Å². The average Bonchev–Trinajstić information content (AvgIpc) is 1.99. The molecule has 3 nitrogen and oxygen atoms in total. The van der Waals surface area contributed by atoms with Gasteiger partial charge in [-0.15, -0.1) is 0 Å². The minimum absolute atomic E-state index is 0.157. The molecule has 0 heterocycles. The fraction of sp³-hybridized carbons (Fsp3) is 1.00. The van der Waals surface area contributed by atoms with Gasteiger partial charge in [-0.2, -0.15) is 0 Å². The Hall–Kier alpha value is -0.120. The van der Waals surface area contributed by atoms with Gasteiger partial charge in [0.1, 0.15) is 0 Å². The second kappa shape index (κ2) is 7.98. The minimum atomic E-state index is 0.157. The van der Waals surface area contributed by atoms with Crippen molar-refractivity contribution in [3.63, 3.8) is 0 Å². The Balaban J connectivity index is 2.97. The van der Waals surface area contributed by atoms with E-state index in [2.05, 4.69) is 24.5 Å². The lowest BCUT2D eigenvalue weighted by Crippen LogP contribution is -2.42. The van der Waals surface area contributed by atoms with Crippen LogP contribution >= 0.6 is 0 Å². The van der Waals surface area contributed by atoms with Crippen LogP contribution in [0.1, 0.15) is 33.1 Å². The van der Waals surface area contributed by atoms with E-state index < -0.39 is 0 Å². The molecule has 3 heteroatoms. The summed E-state index contributed by atoms with van der Waals surface area (Å²) in [4.78, 5) is 0. The number of hydrogen-bond donors (Lipinski definition) is 3. The van der Waals surface area contributed by atoms with E-state index >= 15 is 0 Å². The number of hydrogen-bond acceptors (Lipinski definition) is 3. The third-order valence-electron chi connectivity index (χ3n) is 1.52. The van der Waals surface area contributed by atoms with E-state index in [9.17, 15) is 0 Å². The molecule has 0 saturated heterocycles. The zero-order chi connectivity index (χ0) is 8.53. The minimum Gasteiger partial charge on any atom is -0.316 e. The maximum absolute atomic E-state index is 5.72. The zero-order valence-electron chi connectivity index (χ0n) is 7.69. The molecule has 0 spiro atoms. The summed E-state index contributed by atoms with van der Waals surface area (Å²) in [6.07, 6.45) is 3.52. The Morgan fingerprint density at radius 3 is 2.55 bits per heavy atom. The summed E-state index contributed by atoms with van der Waals surface area (Å²) in [5.74, 6) is 0. The number of nitrogens with two attached hydrogens (primary N) is 1. The summed E-state index contributed by atoms with van der Waals surface area (Å²) < 4.78 is 0. The third kappa shape index (κ3) is 7.78. The largest absolute Gasteiger partial charge is 0.316 e. The number of rotatable bonds is 7. The molecule has 0 bridgehead atoms. The summed E-state index contributed by atoms with van der Waals surface area (Å²) in [5.41, 5.74) is 5.72. The quantitative estimate of drug-likeness (QED) is 0.377. The first-order valence-electron chi connectivity index (χ1n) is 4.51. The average molecular weight is 159 g/mol. The van der Waals surface area contributed by atoms with Gasteiger partial charge in [0.05, 0.1) is 6.17 Å². The molecule has 0 rings (SSSR count). The molecule has 1 unspecified atom stereocenters. The van der Waals surface area contributed by atoms with Crippen LogP contribution in [0.15, 0.2) is 0 Å². The van der Waals surface area contributed by atoms with Crippen LogP contribution in [0.25, 0.3) is 0 Å². The van der Waals surface area contributed by atoms with Crippen LogP contribution in [-0.2, 0) is 0 Å². The molecular formula is C8H21N3. The molecule has 0 aromatic heterocycles. The summed E-state index contributed by atoms with van der Waals surface area (Å²) in [6.45, 7) is 6.18. The van der Waals surface area contributed by atoms with E-state index in [1.807, 2.05) is 0 Å². The summed E-state index contributed by atoms with van der Waals surface area (Å²) in [7, 11) is 0. The molecule has 0 aliphatic heterocycles. The molecule has 4 N–H and O–H groups in total. The predicted molar refractivity (Wildman–Crippen MR) is 49.2 cm³/mol. The van der Waals surface area contributed by atoms with Crippen molar-refractivity contribution in [2.75, 3.05) is 13.2 Å². The van der Waals surface area contributed by atoms with Gasteiger partial charge in [-0.3, -0.25) is 5.32 Å². The highest BCUT2D eigenvalue weighted by molar-refractivity contribution is 4.55. The fourth-order valence-corrected chi connectivity index (χ4v) is 0.881. The Morgan fingerprint density at radius 1 is 1.27 bits per heavy atom. The second-order valence-electron chi connectivity index (χ2n) is 2.78. The van der Waals surface area contributed by atoms with Crippen LogP contribution in [0.3, 0.4) is 0 Å². The Labute approximate surface area is 69.7 Å². The van der Waals surface area contributed by atoms with Crippen LogP contribution in [0.4, 0.5) is 0 Å². The van der Waals surface area contributed by atoms with Crippen molar-refractivity contribution in [1.82, 2.24) is 10.6 Å². The lowest BCUT2D eigenvalue weighted by molar-refractivity contribution is 0.460. The Kier molecular flexibility index (Phi) is 7.89. The second-order valence-corrected chi connectivity index (χ2v) is 2.78. The van der Waals surface area contributed by atoms with Crippen molar-refractivity contribution in [1.29, 1.82) is 0 Å². The SMILES string of the molecule is CCCNCNC(N)CCC. The first-order chi connectivity index (χ1) is 5.31. The lowest BCUT2D eigenvalue weighted by Gasteiger charge is -2.12. The predicted octanol–water partition coefficient (Wildman–Crippen LogP) is 0.618. The highest BCUT2D eigenvalue weighted by Crippen LogP contribution is 1.87. The molecule has 0 aliphatic rings. The van der Waals surface area contributed by atoms with Crippen LogP contribution in [-0.4, -0.2) is 19.4 Å². The van der Waals surface area contributed by atoms with Crippen LogP contribution < -0.4 is 16.4 Å². The van der Waals surface area contributed by atoms with E-state index in [0.717, 1.165) is 26.1 Å². The monoisotopic (exact) mass is 159 g/mol. The normalized spacial score (nSPS) is 13.4. The van der Waals surface area contributed by atoms with Crippen LogP contribution in [0.2, 0.25) is 0 Å². The molecule has 1 atom stereocenters. The molecule has 0 aromatic rings. The third-order valence-corrected chi connectivity index (χ3v) is 1.52. The molecule has 0 fully saturated rings. The molecule has 0 aliphatic carbocycles. The molecule has 0 saturated carbocycles. The zero-order valence-corrected chi connectivity index (χ0v) is 7.69. The Morgan fingerprint density at radius 2 is 2.00 bits per heavy atom. The first-order valence-corrected chi connectivity index (χ1v) is 4.51. The van der Waals surface area contributed by atoms with Crippen molar-refractivity contribution in [3.8, 4) is 0 Å². The summed E-state index contributed by atoms with van der Waals surface area (Å²) >= 11 is 0. The maximum atomic E-state index is 5.72. The van der Waals surface area contributed by atoms with Crippen molar-refractivity contribution >= 4 is 0 Å². The van der Waals surface area contributed by atoms with Crippen LogP contribution in [0.5, 0.6) is 0 Å². The van der Waals surface area contributed by atoms with Gasteiger partial charge in [0, 0.05) is 6.67 Å². The van der Waals surface area contributed by atoms with E-state index in [1.54, 1.807) is 0 Å². The van der Waals surface area contributed by atoms with Crippen molar-refractivity contribution in [3.05, 3.63) is 0 Å². The molecule has 11 heavy (non-hydrogen) atoms. The van der Waals surface area contributed by atoms with E-state index in [4.69, 9.17) is 5.73 Å². The van der Waals surface area contributed by atoms with E-state index in [0.29, 0.717) is 0 Å². The van der Waals surface area contributed by atoms with Gasteiger partial charge in [0.15, 0.2) is 0 Å². The van der Waals surface area contributed by atoms with Gasteiger partial charge in [0.25, 0.3) is 0 Å². The molecular weight excluding hydrogens is 138 g/mol. The Bertz CT molecular complexity index is 75.7. The molecule has 0 radical (unpaired) electrons. The van der Waals surface area contributed by atoms with Gasteiger partial charge in [-0.05, 0) is 19.4 Å². The van der Waals surface area contributed by atoms with Gasteiger partial charge in [-0.25, -0.2) is 0 Å². The van der Waals surface area contributed by atoms with Gasteiger partial charge in [-0.1, -0.05) is 20.3 Å². The van der Waals surface area contributed by atoms with E-state index in [-0.39, 0.29) is 6.17 Å². The highest BCUT2D eigenvalue weighted by atomic mass is 15.1. The van der Waals surface area contributed by atoms with Gasteiger partial charge >= 0.3 is 0 Å². The molecule has 0 amide bonds. The number of nitrogens with one attached hydrogen (secondary N) is 2. The van der Waals surface area contributed by atoms with Crippen molar-refractivity contribution in [2.45, 2.75) is 39.3 Å². The van der Waals surface area contributed by atoms with Crippen molar-refractivity contribution in [2.24, 2.45) is 5.73 Å².